The Kier molecular flexibility index (Phi) is 5.44. The molecule has 0 unspecified atom stereocenters. The summed E-state index contributed by atoms with van der Waals surface area (Å²) in [5.74, 6) is 1.51. The summed E-state index contributed by atoms with van der Waals surface area (Å²) >= 11 is 0. The first-order chi connectivity index (χ1) is 10.2. The van der Waals surface area contributed by atoms with Gasteiger partial charge in [0.1, 0.15) is 11.5 Å². The molecule has 1 heterocycles. The van der Waals surface area contributed by atoms with Gasteiger partial charge < -0.3 is 14.8 Å². The number of rotatable bonds is 6. The number of nitrogens with zero attached hydrogens (tertiary/aromatic N) is 1. The first-order valence-corrected chi connectivity index (χ1v) is 7.53. The fourth-order valence-corrected chi connectivity index (χ4v) is 2.50. The number of carbonyl (C=O) groups is 1. The molecule has 5 nitrogen and oxygen atoms in total. The maximum atomic E-state index is 12.2. The number of anilines is 1. The van der Waals surface area contributed by atoms with Crippen molar-refractivity contribution in [2.45, 2.75) is 26.7 Å². The molecule has 0 aromatic heterocycles. The third kappa shape index (κ3) is 3.88. The Morgan fingerprint density at radius 2 is 2.14 bits per heavy atom. The normalized spacial score (nSPS) is 13.5. The Bertz CT molecular complexity index is 499. The van der Waals surface area contributed by atoms with E-state index in [0.29, 0.717) is 18.8 Å². The van der Waals surface area contributed by atoms with Gasteiger partial charge in [-0.3, -0.25) is 9.69 Å². The van der Waals surface area contributed by atoms with Crippen LogP contribution in [0.3, 0.4) is 0 Å². The number of aryl methyl sites for hydroxylation is 1. The van der Waals surface area contributed by atoms with Gasteiger partial charge in [0.2, 0.25) is 5.91 Å². The molecule has 0 saturated carbocycles. The number of benzene rings is 1. The highest BCUT2D eigenvalue weighted by Gasteiger charge is 2.18. The van der Waals surface area contributed by atoms with Gasteiger partial charge in [-0.1, -0.05) is 13.8 Å². The molecule has 1 aromatic carbocycles. The lowest BCUT2D eigenvalue weighted by Crippen LogP contribution is -2.33. The van der Waals surface area contributed by atoms with Crippen LogP contribution in [0.4, 0.5) is 5.69 Å². The SMILES string of the molecule is CCN(CC)CC(=O)Nc1cc(OC)cc2c1OCCC2. The number of nitrogens with one attached hydrogen (secondary N) is 1. The minimum absolute atomic E-state index is 0.0247. The number of ether oxygens (including phenoxy) is 2. The van der Waals surface area contributed by atoms with Crippen LogP contribution >= 0.6 is 0 Å². The van der Waals surface area contributed by atoms with Gasteiger partial charge in [0.25, 0.3) is 0 Å². The molecule has 1 amide bonds. The highest BCUT2D eigenvalue weighted by molar-refractivity contribution is 5.94. The number of carbonyl (C=O) groups excluding carboxylic acids is 1. The first kappa shape index (κ1) is 15.6. The van der Waals surface area contributed by atoms with Crippen molar-refractivity contribution in [1.29, 1.82) is 0 Å². The third-order valence-corrected chi connectivity index (χ3v) is 3.75. The quantitative estimate of drug-likeness (QED) is 0.874. The molecular formula is C16H24N2O3. The Hall–Kier alpha value is -1.75. The van der Waals surface area contributed by atoms with E-state index in [0.717, 1.165) is 43.0 Å². The highest BCUT2D eigenvalue weighted by Crippen LogP contribution is 2.37. The number of hydrogen-bond donors (Lipinski definition) is 1. The predicted molar refractivity (Wildman–Crippen MR) is 83.2 cm³/mol. The maximum Gasteiger partial charge on any atom is 0.238 e. The molecule has 0 fully saturated rings. The van der Waals surface area contributed by atoms with Gasteiger partial charge in [-0.05, 0) is 32.0 Å². The summed E-state index contributed by atoms with van der Waals surface area (Å²) in [6.07, 6.45) is 1.94. The number of fused-ring (bicyclic) bond motifs is 1. The Morgan fingerprint density at radius 1 is 1.38 bits per heavy atom. The van der Waals surface area contributed by atoms with E-state index in [1.54, 1.807) is 7.11 Å². The lowest BCUT2D eigenvalue weighted by Gasteiger charge is -2.23. The molecular weight excluding hydrogens is 268 g/mol. The van der Waals surface area contributed by atoms with Gasteiger partial charge in [-0.25, -0.2) is 0 Å². The lowest BCUT2D eigenvalue weighted by molar-refractivity contribution is -0.117. The smallest absolute Gasteiger partial charge is 0.238 e. The number of methoxy groups -OCH3 is 1. The van der Waals surface area contributed by atoms with Crippen LogP contribution < -0.4 is 14.8 Å². The van der Waals surface area contributed by atoms with Gasteiger partial charge in [0, 0.05) is 11.6 Å². The molecule has 5 heteroatoms. The van der Waals surface area contributed by atoms with Crippen molar-refractivity contribution in [2.75, 3.05) is 38.7 Å². The molecule has 1 aromatic rings. The van der Waals surface area contributed by atoms with Crippen LogP contribution in [0.5, 0.6) is 11.5 Å². The molecule has 0 spiro atoms. The first-order valence-electron chi connectivity index (χ1n) is 7.53. The number of amides is 1. The molecule has 1 N–H and O–H groups in total. The van der Waals surface area contributed by atoms with Crippen LogP contribution in [0.1, 0.15) is 25.8 Å². The second kappa shape index (κ2) is 7.31. The summed E-state index contributed by atoms with van der Waals surface area (Å²) in [4.78, 5) is 14.2. The minimum atomic E-state index is -0.0247. The van der Waals surface area contributed by atoms with Crippen LogP contribution in [-0.2, 0) is 11.2 Å². The Labute approximate surface area is 126 Å². The average molecular weight is 292 g/mol. The van der Waals surface area contributed by atoms with Crippen molar-refractivity contribution in [3.63, 3.8) is 0 Å². The van der Waals surface area contributed by atoms with Crippen molar-refractivity contribution < 1.29 is 14.3 Å². The van der Waals surface area contributed by atoms with Crippen molar-refractivity contribution in [1.82, 2.24) is 4.90 Å². The monoisotopic (exact) mass is 292 g/mol. The van der Waals surface area contributed by atoms with E-state index >= 15 is 0 Å². The zero-order valence-corrected chi connectivity index (χ0v) is 13.1. The van der Waals surface area contributed by atoms with Crippen LogP contribution in [0.2, 0.25) is 0 Å². The van der Waals surface area contributed by atoms with Crippen molar-refractivity contribution in [3.05, 3.63) is 17.7 Å². The lowest BCUT2D eigenvalue weighted by atomic mass is 10.0. The molecule has 21 heavy (non-hydrogen) atoms. The number of likely N-dealkylation sites (N-methyl/N-ethyl adjacent to an activating group) is 1. The van der Waals surface area contributed by atoms with E-state index in [2.05, 4.69) is 10.2 Å². The summed E-state index contributed by atoms with van der Waals surface area (Å²) in [5.41, 5.74) is 1.81. The molecule has 1 aliphatic heterocycles. The Balaban J connectivity index is 2.16. The van der Waals surface area contributed by atoms with Gasteiger partial charge in [0.15, 0.2) is 0 Å². The van der Waals surface area contributed by atoms with E-state index in [1.165, 1.54) is 0 Å². The highest BCUT2D eigenvalue weighted by atomic mass is 16.5. The molecule has 2 rings (SSSR count). The van der Waals surface area contributed by atoms with E-state index < -0.39 is 0 Å². The largest absolute Gasteiger partial charge is 0.497 e. The summed E-state index contributed by atoms with van der Waals surface area (Å²) in [6.45, 7) is 6.89. The molecule has 116 valence electrons. The van der Waals surface area contributed by atoms with E-state index in [4.69, 9.17) is 9.47 Å². The molecule has 0 aliphatic carbocycles. The number of hydrogen-bond acceptors (Lipinski definition) is 4. The third-order valence-electron chi connectivity index (χ3n) is 3.75. The van der Waals surface area contributed by atoms with E-state index in [1.807, 2.05) is 26.0 Å². The second-order valence-corrected chi connectivity index (χ2v) is 5.12. The van der Waals surface area contributed by atoms with Crippen LogP contribution in [-0.4, -0.2) is 44.2 Å². The summed E-state index contributed by atoms with van der Waals surface area (Å²) in [5, 5.41) is 2.96. The van der Waals surface area contributed by atoms with Gasteiger partial charge >= 0.3 is 0 Å². The summed E-state index contributed by atoms with van der Waals surface area (Å²) in [6, 6.07) is 3.80. The zero-order chi connectivity index (χ0) is 15.2. The van der Waals surface area contributed by atoms with Crippen LogP contribution in [0.25, 0.3) is 0 Å². The van der Waals surface area contributed by atoms with Crippen molar-refractivity contribution in [2.24, 2.45) is 0 Å². The zero-order valence-electron chi connectivity index (χ0n) is 13.1. The standard InChI is InChI=1S/C16H24N2O3/c1-4-18(5-2)11-15(19)17-14-10-13(20-3)9-12-7-6-8-21-16(12)14/h9-10H,4-8,11H2,1-3H3,(H,17,19). The molecule has 0 radical (unpaired) electrons. The predicted octanol–water partition coefficient (Wildman–Crippen LogP) is 2.30. The minimum Gasteiger partial charge on any atom is -0.497 e. The van der Waals surface area contributed by atoms with Gasteiger partial charge in [-0.2, -0.15) is 0 Å². The topological polar surface area (TPSA) is 50.8 Å². The average Bonchev–Trinajstić information content (AvgIpc) is 2.52. The van der Waals surface area contributed by atoms with Gasteiger partial charge in [0.05, 0.1) is 25.9 Å². The van der Waals surface area contributed by atoms with Crippen molar-refractivity contribution in [3.8, 4) is 11.5 Å². The van der Waals surface area contributed by atoms with E-state index in [9.17, 15) is 4.79 Å². The van der Waals surface area contributed by atoms with Gasteiger partial charge in [-0.15, -0.1) is 0 Å². The second-order valence-electron chi connectivity index (χ2n) is 5.12. The maximum absolute atomic E-state index is 12.2. The Morgan fingerprint density at radius 3 is 2.81 bits per heavy atom. The molecule has 0 bridgehead atoms. The summed E-state index contributed by atoms with van der Waals surface area (Å²) in [7, 11) is 1.63. The van der Waals surface area contributed by atoms with Crippen LogP contribution in [0.15, 0.2) is 12.1 Å². The summed E-state index contributed by atoms with van der Waals surface area (Å²) < 4.78 is 11.0. The van der Waals surface area contributed by atoms with Crippen LogP contribution in [0, 0.1) is 0 Å². The fraction of sp³-hybridized carbons (Fsp3) is 0.562. The molecule has 1 aliphatic rings. The molecule has 0 atom stereocenters. The van der Waals surface area contributed by atoms with Crippen molar-refractivity contribution >= 4 is 11.6 Å². The fourth-order valence-electron chi connectivity index (χ4n) is 2.50. The van der Waals surface area contributed by atoms with E-state index in [-0.39, 0.29) is 5.91 Å². The molecule has 0 saturated heterocycles.